The van der Waals surface area contributed by atoms with Crippen LogP contribution in [-0.4, -0.2) is 31.2 Å². The van der Waals surface area contributed by atoms with E-state index in [-0.39, 0.29) is 0 Å². The van der Waals surface area contributed by atoms with Crippen molar-refractivity contribution in [3.63, 3.8) is 0 Å². The van der Waals surface area contributed by atoms with Crippen molar-refractivity contribution in [1.29, 1.82) is 0 Å². The zero-order valence-corrected chi connectivity index (χ0v) is 13.2. The third kappa shape index (κ3) is 2.88. The summed E-state index contributed by atoms with van der Waals surface area (Å²) in [6.07, 6.45) is 9.68. The van der Waals surface area contributed by atoms with Crippen LogP contribution in [0.3, 0.4) is 0 Å². The molecule has 3 heterocycles. The Bertz CT molecular complexity index is 583. The molecule has 0 aliphatic carbocycles. The van der Waals surface area contributed by atoms with Crippen LogP contribution in [0.2, 0.25) is 0 Å². The summed E-state index contributed by atoms with van der Waals surface area (Å²) in [5, 5.41) is 7.40. The highest BCUT2D eigenvalue weighted by atomic mass is 15.2. The molecule has 1 N–H and O–H groups in total. The highest BCUT2D eigenvalue weighted by Crippen LogP contribution is 2.32. The SMILES string of the molecule is Cc1cn[nH]c1[C@@H]1CCCCN1Cc1nccn1C(C)C. The fourth-order valence-electron chi connectivity index (χ4n) is 3.32. The van der Waals surface area contributed by atoms with Crippen LogP contribution in [0.1, 0.15) is 62.3 Å². The van der Waals surface area contributed by atoms with Gasteiger partial charge in [0.05, 0.1) is 24.5 Å². The van der Waals surface area contributed by atoms with Gasteiger partial charge in [0.1, 0.15) is 5.82 Å². The maximum atomic E-state index is 4.57. The summed E-state index contributed by atoms with van der Waals surface area (Å²) in [5.41, 5.74) is 2.54. The molecule has 2 aromatic rings. The van der Waals surface area contributed by atoms with Crippen molar-refractivity contribution in [3.05, 3.63) is 35.7 Å². The van der Waals surface area contributed by atoms with Crippen molar-refractivity contribution < 1.29 is 0 Å². The van der Waals surface area contributed by atoms with Gasteiger partial charge in [-0.2, -0.15) is 5.10 Å². The molecule has 1 fully saturated rings. The minimum absolute atomic E-state index is 0.443. The van der Waals surface area contributed by atoms with E-state index in [4.69, 9.17) is 0 Å². The Morgan fingerprint density at radius 2 is 2.24 bits per heavy atom. The summed E-state index contributed by atoms with van der Waals surface area (Å²) >= 11 is 0. The number of aromatic amines is 1. The molecular formula is C16H25N5. The van der Waals surface area contributed by atoms with E-state index >= 15 is 0 Å². The second-order valence-corrected chi connectivity index (χ2v) is 6.29. The third-order valence-corrected chi connectivity index (χ3v) is 4.46. The summed E-state index contributed by atoms with van der Waals surface area (Å²) in [5.74, 6) is 1.16. The van der Waals surface area contributed by atoms with Crippen molar-refractivity contribution in [3.8, 4) is 0 Å². The number of hydrogen-bond donors (Lipinski definition) is 1. The summed E-state index contributed by atoms with van der Waals surface area (Å²) in [7, 11) is 0. The maximum Gasteiger partial charge on any atom is 0.123 e. The van der Waals surface area contributed by atoms with Crippen LogP contribution < -0.4 is 0 Å². The molecule has 5 heteroatoms. The number of likely N-dealkylation sites (tertiary alicyclic amines) is 1. The maximum absolute atomic E-state index is 4.57. The molecule has 1 saturated heterocycles. The fourth-order valence-corrected chi connectivity index (χ4v) is 3.32. The Hall–Kier alpha value is -1.62. The second kappa shape index (κ2) is 6.02. The smallest absolute Gasteiger partial charge is 0.123 e. The summed E-state index contributed by atoms with van der Waals surface area (Å²) in [6, 6.07) is 0.901. The number of rotatable bonds is 4. The Balaban J connectivity index is 1.82. The van der Waals surface area contributed by atoms with Gasteiger partial charge in [-0.15, -0.1) is 0 Å². The molecular weight excluding hydrogens is 262 g/mol. The lowest BCUT2D eigenvalue weighted by Crippen LogP contribution is -2.34. The molecule has 0 unspecified atom stereocenters. The first-order valence-electron chi connectivity index (χ1n) is 7.92. The van der Waals surface area contributed by atoms with Crippen LogP contribution in [0.5, 0.6) is 0 Å². The van der Waals surface area contributed by atoms with Gasteiger partial charge in [0.15, 0.2) is 0 Å². The molecule has 1 aliphatic rings. The molecule has 21 heavy (non-hydrogen) atoms. The second-order valence-electron chi connectivity index (χ2n) is 6.29. The van der Waals surface area contributed by atoms with Gasteiger partial charge >= 0.3 is 0 Å². The van der Waals surface area contributed by atoms with E-state index in [1.807, 2.05) is 12.4 Å². The van der Waals surface area contributed by atoms with Gasteiger partial charge in [-0.05, 0) is 45.7 Å². The Morgan fingerprint density at radius 3 is 2.95 bits per heavy atom. The van der Waals surface area contributed by atoms with E-state index in [0.717, 1.165) is 18.9 Å². The van der Waals surface area contributed by atoms with Crippen molar-refractivity contribution in [2.75, 3.05) is 6.54 Å². The van der Waals surface area contributed by atoms with Crippen molar-refractivity contribution in [2.24, 2.45) is 0 Å². The van der Waals surface area contributed by atoms with E-state index in [1.54, 1.807) is 0 Å². The number of nitrogens with one attached hydrogen (secondary N) is 1. The summed E-state index contributed by atoms with van der Waals surface area (Å²) in [4.78, 5) is 7.11. The monoisotopic (exact) mass is 287 g/mol. The van der Waals surface area contributed by atoms with Gasteiger partial charge in [0.2, 0.25) is 0 Å². The lowest BCUT2D eigenvalue weighted by atomic mass is 9.97. The summed E-state index contributed by atoms with van der Waals surface area (Å²) in [6.45, 7) is 8.60. The van der Waals surface area contributed by atoms with Crippen molar-refractivity contribution in [2.45, 2.75) is 58.7 Å². The number of nitrogens with zero attached hydrogens (tertiary/aromatic N) is 4. The predicted molar refractivity (Wildman–Crippen MR) is 82.9 cm³/mol. The van der Waals surface area contributed by atoms with Gasteiger partial charge in [-0.25, -0.2) is 4.98 Å². The predicted octanol–water partition coefficient (Wildman–Crippen LogP) is 3.22. The van der Waals surface area contributed by atoms with Crippen LogP contribution in [-0.2, 0) is 6.54 Å². The molecule has 0 spiro atoms. The first-order valence-corrected chi connectivity index (χ1v) is 7.92. The standard InChI is InChI=1S/C16H25N5/c1-12(2)21-9-7-17-15(21)11-20-8-5-4-6-14(20)16-13(3)10-18-19-16/h7,9-10,12,14H,4-6,8,11H2,1-3H3,(H,18,19)/t14-/m0/s1. The zero-order valence-electron chi connectivity index (χ0n) is 13.2. The first kappa shape index (κ1) is 14.3. The third-order valence-electron chi connectivity index (χ3n) is 4.46. The van der Waals surface area contributed by atoms with Crippen molar-refractivity contribution in [1.82, 2.24) is 24.6 Å². The first-order chi connectivity index (χ1) is 10.2. The van der Waals surface area contributed by atoms with E-state index in [2.05, 4.69) is 51.6 Å². The van der Waals surface area contributed by atoms with Gasteiger partial charge in [-0.1, -0.05) is 6.42 Å². The molecule has 0 saturated carbocycles. The normalized spacial score (nSPS) is 20.3. The molecule has 0 radical (unpaired) electrons. The van der Waals surface area contributed by atoms with Crippen LogP contribution in [0.15, 0.2) is 18.6 Å². The molecule has 5 nitrogen and oxygen atoms in total. The lowest BCUT2D eigenvalue weighted by Gasteiger charge is -2.35. The zero-order chi connectivity index (χ0) is 14.8. The highest BCUT2D eigenvalue weighted by Gasteiger charge is 2.27. The minimum Gasteiger partial charge on any atom is -0.331 e. The lowest BCUT2D eigenvalue weighted by molar-refractivity contribution is 0.131. The van der Waals surface area contributed by atoms with Gasteiger partial charge in [0, 0.05) is 18.4 Å². The molecule has 1 atom stereocenters. The van der Waals surface area contributed by atoms with Gasteiger partial charge in [-0.3, -0.25) is 10.00 Å². The number of hydrogen-bond acceptors (Lipinski definition) is 3. The average molecular weight is 287 g/mol. The number of H-pyrrole nitrogens is 1. The Morgan fingerprint density at radius 1 is 1.38 bits per heavy atom. The van der Waals surface area contributed by atoms with Crippen LogP contribution in [0.4, 0.5) is 0 Å². The molecule has 0 aromatic carbocycles. The van der Waals surface area contributed by atoms with E-state index in [9.17, 15) is 0 Å². The average Bonchev–Trinajstić information content (AvgIpc) is 3.08. The van der Waals surface area contributed by atoms with Gasteiger partial charge in [0.25, 0.3) is 0 Å². The number of aryl methyl sites for hydroxylation is 1. The molecule has 114 valence electrons. The van der Waals surface area contributed by atoms with Crippen molar-refractivity contribution >= 4 is 0 Å². The topological polar surface area (TPSA) is 49.7 Å². The van der Waals surface area contributed by atoms with E-state index < -0.39 is 0 Å². The summed E-state index contributed by atoms with van der Waals surface area (Å²) < 4.78 is 2.27. The molecule has 1 aliphatic heterocycles. The van der Waals surface area contributed by atoms with Crippen LogP contribution in [0, 0.1) is 6.92 Å². The largest absolute Gasteiger partial charge is 0.331 e. The number of aromatic nitrogens is 4. The highest BCUT2D eigenvalue weighted by molar-refractivity contribution is 5.18. The fraction of sp³-hybridized carbons (Fsp3) is 0.625. The Kier molecular flexibility index (Phi) is 4.10. The van der Waals surface area contributed by atoms with Gasteiger partial charge < -0.3 is 4.57 Å². The molecule has 0 bridgehead atoms. The van der Waals surface area contributed by atoms with E-state index in [0.29, 0.717) is 12.1 Å². The quantitative estimate of drug-likeness (QED) is 0.939. The van der Waals surface area contributed by atoms with Crippen LogP contribution >= 0.6 is 0 Å². The molecule has 2 aromatic heterocycles. The number of imidazole rings is 1. The molecule has 3 rings (SSSR count). The Labute approximate surface area is 126 Å². The van der Waals surface area contributed by atoms with Crippen LogP contribution in [0.25, 0.3) is 0 Å². The van der Waals surface area contributed by atoms with E-state index in [1.165, 1.54) is 30.5 Å². The number of piperidine rings is 1. The molecule has 0 amide bonds. The minimum atomic E-state index is 0.443.